The van der Waals surface area contributed by atoms with Gasteiger partial charge in [0.1, 0.15) is 12.4 Å². The molecule has 2 aromatic carbocycles. The van der Waals surface area contributed by atoms with Crippen LogP contribution in [0.25, 0.3) is 11.4 Å². The Bertz CT molecular complexity index is 1030. The van der Waals surface area contributed by atoms with Gasteiger partial charge in [-0.05, 0) is 53.7 Å². The number of nitrogens with zero attached hydrogens (tertiary/aromatic N) is 5. The summed E-state index contributed by atoms with van der Waals surface area (Å²) < 4.78 is 18.2. The van der Waals surface area contributed by atoms with Crippen molar-refractivity contribution >= 4 is 17.5 Å². The maximum absolute atomic E-state index is 13.0. The molecule has 0 aliphatic carbocycles. The number of carbonyl (C=O) groups excluding carboxylic acids is 2. The van der Waals surface area contributed by atoms with Crippen LogP contribution in [0.1, 0.15) is 10.4 Å². The van der Waals surface area contributed by atoms with Crippen LogP contribution in [0, 0.1) is 5.82 Å². The first kappa shape index (κ1) is 19.6. The van der Waals surface area contributed by atoms with Crippen LogP contribution in [-0.2, 0) is 16.1 Å². The second-order valence-corrected chi connectivity index (χ2v) is 6.67. The molecule has 0 bridgehead atoms. The number of amides is 2. The monoisotopic (exact) mass is 410 g/mol. The Kier molecular flexibility index (Phi) is 5.75. The van der Waals surface area contributed by atoms with E-state index in [1.807, 2.05) is 0 Å². The van der Waals surface area contributed by atoms with Gasteiger partial charge < -0.3 is 15.0 Å². The van der Waals surface area contributed by atoms with E-state index in [1.54, 1.807) is 29.2 Å². The van der Waals surface area contributed by atoms with Crippen molar-refractivity contribution in [1.29, 1.82) is 0 Å². The Morgan fingerprint density at radius 2 is 1.73 bits per heavy atom. The number of hydrogen-bond donors (Lipinski definition) is 1. The standard InChI is InChI=1S/C20H19FN6O3/c21-16-5-1-15(2-6-16)20(29)22-17-7-3-14(4-8-17)19-23-25-27(24-19)13-18(28)26-9-11-30-12-10-26/h1-8H,9-13H2,(H,22,29). The lowest BCUT2D eigenvalue weighted by molar-refractivity contribution is -0.136. The molecule has 1 aliphatic heterocycles. The van der Waals surface area contributed by atoms with Gasteiger partial charge in [0.2, 0.25) is 11.7 Å². The van der Waals surface area contributed by atoms with Gasteiger partial charge in [-0.25, -0.2) is 4.39 Å². The van der Waals surface area contributed by atoms with Crippen molar-refractivity contribution in [2.24, 2.45) is 0 Å². The Morgan fingerprint density at radius 1 is 1.03 bits per heavy atom. The third kappa shape index (κ3) is 4.66. The summed E-state index contributed by atoms with van der Waals surface area (Å²) in [6.45, 7) is 2.20. The van der Waals surface area contributed by atoms with Crippen LogP contribution in [0.3, 0.4) is 0 Å². The lowest BCUT2D eigenvalue weighted by Crippen LogP contribution is -2.42. The highest BCUT2D eigenvalue weighted by molar-refractivity contribution is 6.04. The molecule has 0 unspecified atom stereocenters. The minimum absolute atomic E-state index is 0.0127. The number of carbonyl (C=O) groups is 2. The highest BCUT2D eigenvalue weighted by Gasteiger charge is 2.18. The molecule has 1 N–H and O–H groups in total. The summed E-state index contributed by atoms with van der Waals surface area (Å²) >= 11 is 0. The zero-order valence-corrected chi connectivity index (χ0v) is 16.0. The highest BCUT2D eigenvalue weighted by Crippen LogP contribution is 2.18. The van der Waals surface area contributed by atoms with E-state index < -0.39 is 5.82 Å². The quantitative estimate of drug-likeness (QED) is 0.685. The molecule has 30 heavy (non-hydrogen) atoms. The number of rotatable bonds is 5. The van der Waals surface area contributed by atoms with Crippen LogP contribution < -0.4 is 5.32 Å². The molecule has 0 saturated carbocycles. The summed E-state index contributed by atoms with van der Waals surface area (Å²) in [5.74, 6) is -0.446. The van der Waals surface area contributed by atoms with Gasteiger partial charge in [-0.1, -0.05) is 0 Å². The van der Waals surface area contributed by atoms with Gasteiger partial charge in [-0.15, -0.1) is 10.2 Å². The number of anilines is 1. The van der Waals surface area contributed by atoms with E-state index in [-0.39, 0.29) is 18.4 Å². The van der Waals surface area contributed by atoms with E-state index in [2.05, 4.69) is 20.7 Å². The molecule has 1 aliphatic rings. The average Bonchev–Trinajstić information content (AvgIpc) is 3.24. The van der Waals surface area contributed by atoms with Crippen LogP contribution in [0.5, 0.6) is 0 Å². The van der Waals surface area contributed by atoms with Crippen molar-refractivity contribution in [3.8, 4) is 11.4 Å². The Morgan fingerprint density at radius 3 is 2.43 bits per heavy atom. The van der Waals surface area contributed by atoms with Crippen LogP contribution in [-0.4, -0.2) is 63.2 Å². The number of halogens is 1. The molecule has 1 aromatic heterocycles. The van der Waals surface area contributed by atoms with Gasteiger partial charge in [-0.3, -0.25) is 9.59 Å². The molecule has 0 spiro atoms. The molecular weight excluding hydrogens is 391 g/mol. The van der Waals surface area contributed by atoms with Gasteiger partial charge in [-0.2, -0.15) is 4.80 Å². The van der Waals surface area contributed by atoms with Crippen LogP contribution in [0.15, 0.2) is 48.5 Å². The van der Waals surface area contributed by atoms with Gasteiger partial charge in [0.05, 0.1) is 13.2 Å². The summed E-state index contributed by atoms with van der Waals surface area (Å²) in [4.78, 5) is 27.5. The molecule has 2 heterocycles. The third-order valence-corrected chi connectivity index (χ3v) is 4.60. The molecule has 4 rings (SSSR count). The Hall–Kier alpha value is -3.66. The van der Waals surface area contributed by atoms with E-state index >= 15 is 0 Å². The van der Waals surface area contributed by atoms with Crippen molar-refractivity contribution in [3.63, 3.8) is 0 Å². The fraction of sp³-hybridized carbons (Fsp3) is 0.250. The van der Waals surface area contributed by atoms with Crippen molar-refractivity contribution < 1.29 is 18.7 Å². The van der Waals surface area contributed by atoms with Crippen molar-refractivity contribution in [3.05, 3.63) is 59.9 Å². The number of nitrogens with one attached hydrogen (secondary N) is 1. The van der Waals surface area contributed by atoms with Crippen molar-refractivity contribution in [2.75, 3.05) is 31.6 Å². The number of ether oxygens (including phenoxy) is 1. The SMILES string of the molecule is O=C(Nc1ccc(-c2nnn(CC(=O)N3CCOCC3)n2)cc1)c1ccc(F)cc1. The van der Waals surface area contributed by atoms with Crippen molar-refractivity contribution in [1.82, 2.24) is 25.1 Å². The summed E-state index contributed by atoms with van der Waals surface area (Å²) in [6, 6.07) is 12.2. The van der Waals surface area contributed by atoms with E-state index in [0.29, 0.717) is 48.9 Å². The maximum atomic E-state index is 13.0. The molecule has 154 valence electrons. The highest BCUT2D eigenvalue weighted by atomic mass is 19.1. The topological polar surface area (TPSA) is 102 Å². The summed E-state index contributed by atoms with van der Waals surface area (Å²) in [6.07, 6.45) is 0. The van der Waals surface area contributed by atoms with E-state index in [9.17, 15) is 14.0 Å². The maximum Gasteiger partial charge on any atom is 0.255 e. The minimum Gasteiger partial charge on any atom is -0.378 e. The summed E-state index contributed by atoms with van der Waals surface area (Å²) in [7, 11) is 0. The van der Waals surface area contributed by atoms with Gasteiger partial charge in [0.15, 0.2) is 0 Å². The average molecular weight is 410 g/mol. The predicted molar refractivity (Wildman–Crippen MR) is 105 cm³/mol. The first-order valence-corrected chi connectivity index (χ1v) is 9.39. The largest absolute Gasteiger partial charge is 0.378 e. The molecule has 2 amide bonds. The zero-order valence-electron chi connectivity index (χ0n) is 16.0. The van der Waals surface area contributed by atoms with E-state index in [0.717, 1.165) is 0 Å². The first-order valence-electron chi connectivity index (χ1n) is 9.39. The second-order valence-electron chi connectivity index (χ2n) is 6.67. The number of hydrogen-bond acceptors (Lipinski definition) is 6. The molecular formula is C20H19FN6O3. The number of tetrazole rings is 1. The second kappa shape index (κ2) is 8.78. The van der Waals surface area contributed by atoms with Crippen LogP contribution >= 0.6 is 0 Å². The van der Waals surface area contributed by atoms with Crippen LogP contribution in [0.4, 0.5) is 10.1 Å². The van der Waals surface area contributed by atoms with E-state index in [1.165, 1.54) is 29.1 Å². The first-order chi connectivity index (χ1) is 14.6. The van der Waals surface area contributed by atoms with Gasteiger partial charge >= 0.3 is 0 Å². The Labute approximate surface area is 171 Å². The predicted octanol–water partition coefficient (Wildman–Crippen LogP) is 1.59. The minimum atomic E-state index is -0.400. The van der Waals surface area contributed by atoms with E-state index in [4.69, 9.17) is 4.74 Å². The molecule has 0 radical (unpaired) electrons. The summed E-state index contributed by atoms with van der Waals surface area (Å²) in [5.41, 5.74) is 1.62. The normalized spacial score (nSPS) is 13.8. The molecule has 9 nitrogen and oxygen atoms in total. The fourth-order valence-corrected chi connectivity index (χ4v) is 2.97. The lowest BCUT2D eigenvalue weighted by Gasteiger charge is -2.26. The molecule has 1 fully saturated rings. The van der Waals surface area contributed by atoms with Gasteiger partial charge in [0.25, 0.3) is 5.91 Å². The molecule has 10 heteroatoms. The van der Waals surface area contributed by atoms with Crippen LogP contribution in [0.2, 0.25) is 0 Å². The Balaban J connectivity index is 1.37. The lowest BCUT2D eigenvalue weighted by atomic mass is 10.1. The molecule has 0 atom stereocenters. The smallest absolute Gasteiger partial charge is 0.255 e. The fourth-order valence-electron chi connectivity index (χ4n) is 2.97. The molecule has 3 aromatic rings. The van der Waals surface area contributed by atoms with Crippen molar-refractivity contribution in [2.45, 2.75) is 6.54 Å². The third-order valence-electron chi connectivity index (χ3n) is 4.60. The summed E-state index contributed by atoms with van der Waals surface area (Å²) in [5, 5.41) is 14.9. The molecule has 1 saturated heterocycles. The number of morpholine rings is 1. The zero-order chi connectivity index (χ0) is 20.9. The number of aromatic nitrogens is 4. The number of benzene rings is 2. The van der Waals surface area contributed by atoms with Gasteiger partial charge in [0, 0.05) is 29.9 Å².